The summed E-state index contributed by atoms with van der Waals surface area (Å²) in [6.45, 7) is 0.787. The maximum atomic E-state index is 6.01. The van der Waals surface area contributed by atoms with Gasteiger partial charge in [-0.1, -0.05) is 37.8 Å². The Bertz CT molecular complexity index is 482. The lowest BCUT2D eigenvalue weighted by atomic mass is 9.82. The average Bonchev–Trinajstić information content (AvgIpc) is 2.85. The number of nitrogens with one attached hydrogen (secondary N) is 1. The maximum absolute atomic E-state index is 6.01. The predicted molar refractivity (Wildman–Crippen MR) is 83.1 cm³/mol. The monoisotopic (exact) mass is 290 g/mol. The first kappa shape index (κ1) is 14.8. The number of fused-ring (bicyclic) bond motifs is 1. The molecule has 3 rings (SSSR count). The molecule has 2 aliphatic rings. The van der Waals surface area contributed by atoms with E-state index in [4.69, 9.17) is 15.3 Å². The van der Waals surface area contributed by atoms with Crippen molar-refractivity contribution in [2.75, 3.05) is 13.7 Å². The highest BCUT2D eigenvalue weighted by molar-refractivity contribution is 5.41. The van der Waals surface area contributed by atoms with Gasteiger partial charge in [-0.3, -0.25) is 11.3 Å². The molecule has 1 aliphatic heterocycles. The van der Waals surface area contributed by atoms with Crippen LogP contribution in [-0.4, -0.2) is 19.3 Å². The first-order chi connectivity index (χ1) is 10.3. The topological polar surface area (TPSA) is 56.5 Å². The smallest absolute Gasteiger partial charge is 0.122 e. The van der Waals surface area contributed by atoms with E-state index in [-0.39, 0.29) is 11.6 Å². The number of ether oxygens (including phenoxy) is 2. The number of hydrogen-bond acceptors (Lipinski definition) is 4. The van der Waals surface area contributed by atoms with Crippen LogP contribution in [0.25, 0.3) is 0 Å². The summed E-state index contributed by atoms with van der Waals surface area (Å²) in [5.74, 6) is 6.95. The van der Waals surface area contributed by atoms with Crippen molar-refractivity contribution in [1.29, 1.82) is 0 Å². The molecule has 116 valence electrons. The van der Waals surface area contributed by atoms with Crippen molar-refractivity contribution < 1.29 is 9.47 Å². The Labute approximate surface area is 127 Å². The van der Waals surface area contributed by atoms with Crippen LogP contribution in [0.1, 0.15) is 55.7 Å². The Hall–Kier alpha value is -1.10. The van der Waals surface area contributed by atoms with Gasteiger partial charge in [-0.05, 0) is 30.0 Å². The van der Waals surface area contributed by atoms with Crippen molar-refractivity contribution in [2.24, 2.45) is 5.84 Å². The van der Waals surface area contributed by atoms with Crippen LogP contribution in [0.15, 0.2) is 18.2 Å². The molecular formula is C17H26N2O2. The molecule has 1 aromatic carbocycles. The molecule has 0 radical (unpaired) electrons. The van der Waals surface area contributed by atoms with Crippen LogP contribution < -0.4 is 16.0 Å². The van der Waals surface area contributed by atoms with Gasteiger partial charge < -0.3 is 9.47 Å². The summed E-state index contributed by atoms with van der Waals surface area (Å²) in [6.07, 6.45) is 8.11. The first-order valence-corrected chi connectivity index (χ1v) is 8.06. The fourth-order valence-corrected chi connectivity index (χ4v) is 3.88. The Balaban J connectivity index is 1.92. The van der Waals surface area contributed by atoms with Crippen LogP contribution in [0.4, 0.5) is 0 Å². The summed E-state index contributed by atoms with van der Waals surface area (Å²) < 4.78 is 11.6. The van der Waals surface area contributed by atoms with Crippen LogP contribution in [0.3, 0.4) is 0 Å². The molecule has 1 heterocycles. The van der Waals surface area contributed by atoms with Crippen molar-refractivity contribution in [3.63, 3.8) is 0 Å². The van der Waals surface area contributed by atoms with E-state index in [1.807, 2.05) is 7.11 Å². The van der Waals surface area contributed by atoms with Crippen molar-refractivity contribution in [3.05, 3.63) is 29.3 Å². The summed E-state index contributed by atoms with van der Waals surface area (Å²) in [7, 11) is 1.83. The first-order valence-electron chi connectivity index (χ1n) is 8.06. The van der Waals surface area contributed by atoms with E-state index in [1.165, 1.54) is 36.8 Å². The van der Waals surface area contributed by atoms with Gasteiger partial charge in [-0.15, -0.1) is 0 Å². The van der Waals surface area contributed by atoms with Gasteiger partial charge in [0.1, 0.15) is 5.75 Å². The van der Waals surface area contributed by atoms with Gasteiger partial charge in [0.15, 0.2) is 0 Å². The second-order valence-electron chi connectivity index (χ2n) is 6.25. The molecule has 1 aromatic rings. The molecule has 3 N–H and O–H groups in total. The fraction of sp³-hybridized carbons (Fsp3) is 0.647. The molecule has 0 spiro atoms. The zero-order valence-corrected chi connectivity index (χ0v) is 12.9. The van der Waals surface area contributed by atoms with E-state index >= 15 is 0 Å². The molecule has 1 saturated carbocycles. The SMILES string of the molecule is COC1(C(NN)c2ccc3c(c2)CCO3)CCCCCC1. The van der Waals surface area contributed by atoms with E-state index in [2.05, 4.69) is 23.6 Å². The number of rotatable bonds is 4. The number of methoxy groups -OCH3 is 1. The van der Waals surface area contributed by atoms with Crippen LogP contribution in [-0.2, 0) is 11.2 Å². The zero-order chi connectivity index (χ0) is 14.7. The van der Waals surface area contributed by atoms with E-state index in [0.29, 0.717) is 0 Å². The Kier molecular flexibility index (Phi) is 4.48. The van der Waals surface area contributed by atoms with Gasteiger partial charge in [0.2, 0.25) is 0 Å². The minimum Gasteiger partial charge on any atom is -0.493 e. The summed E-state index contributed by atoms with van der Waals surface area (Å²) in [5, 5.41) is 0. The lowest BCUT2D eigenvalue weighted by Crippen LogP contribution is -2.47. The summed E-state index contributed by atoms with van der Waals surface area (Å²) in [4.78, 5) is 0. The predicted octanol–water partition coefficient (Wildman–Crippen LogP) is 2.87. The summed E-state index contributed by atoms with van der Waals surface area (Å²) >= 11 is 0. The normalized spacial score (nSPS) is 22.2. The third-order valence-corrected chi connectivity index (χ3v) is 5.10. The molecule has 0 saturated heterocycles. The molecule has 1 unspecified atom stereocenters. The molecule has 4 heteroatoms. The zero-order valence-electron chi connectivity index (χ0n) is 12.9. The number of hydrazine groups is 1. The number of nitrogens with two attached hydrogens (primary N) is 1. The highest BCUT2D eigenvalue weighted by atomic mass is 16.5. The second-order valence-corrected chi connectivity index (χ2v) is 6.25. The summed E-state index contributed by atoms with van der Waals surface area (Å²) in [6, 6.07) is 6.47. The summed E-state index contributed by atoms with van der Waals surface area (Å²) in [5.41, 5.74) is 5.34. The van der Waals surface area contributed by atoms with E-state index < -0.39 is 0 Å². The van der Waals surface area contributed by atoms with Crippen LogP contribution >= 0.6 is 0 Å². The molecule has 1 atom stereocenters. The van der Waals surface area contributed by atoms with Gasteiger partial charge in [-0.2, -0.15) is 0 Å². The van der Waals surface area contributed by atoms with E-state index in [0.717, 1.165) is 31.6 Å². The van der Waals surface area contributed by atoms with Gasteiger partial charge >= 0.3 is 0 Å². The number of benzene rings is 1. The molecule has 1 aliphatic carbocycles. The van der Waals surface area contributed by atoms with Gasteiger partial charge in [0.25, 0.3) is 0 Å². The maximum Gasteiger partial charge on any atom is 0.122 e. The van der Waals surface area contributed by atoms with Crippen molar-refractivity contribution in [3.8, 4) is 5.75 Å². The third kappa shape index (κ3) is 2.80. The number of hydrogen-bond donors (Lipinski definition) is 2. The molecule has 0 bridgehead atoms. The third-order valence-electron chi connectivity index (χ3n) is 5.10. The van der Waals surface area contributed by atoms with Crippen LogP contribution in [0.2, 0.25) is 0 Å². The minimum atomic E-state index is -0.195. The quantitative estimate of drug-likeness (QED) is 0.508. The van der Waals surface area contributed by atoms with Crippen LogP contribution in [0.5, 0.6) is 5.75 Å². The van der Waals surface area contributed by atoms with Gasteiger partial charge in [-0.25, -0.2) is 0 Å². The second kappa shape index (κ2) is 6.34. The largest absolute Gasteiger partial charge is 0.493 e. The Morgan fingerprint density at radius 2 is 2.00 bits per heavy atom. The van der Waals surface area contributed by atoms with E-state index in [1.54, 1.807) is 0 Å². The highest BCUT2D eigenvalue weighted by Gasteiger charge is 2.40. The molecule has 4 nitrogen and oxygen atoms in total. The Morgan fingerprint density at radius 3 is 2.67 bits per heavy atom. The van der Waals surface area contributed by atoms with Crippen molar-refractivity contribution in [2.45, 2.75) is 56.6 Å². The van der Waals surface area contributed by atoms with Crippen LogP contribution in [0, 0.1) is 0 Å². The Morgan fingerprint density at radius 1 is 1.24 bits per heavy atom. The molecule has 21 heavy (non-hydrogen) atoms. The van der Waals surface area contributed by atoms with Crippen molar-refractivity contribution in [1.82, 2.24) is 5.43 Å². The van der Waals surface area contributed by atoms with E-state index in [9.17, 15) is 0 Å². The highest BCUT2D eigenvalue weighted by Crippen LogP contribution is 2.41. The van der Waals surface area contributed by atoms with Gasteiger partial charge in [0, 0.05) is 13.5 Å². The lowest BCUT2D eigenvalue weighted by molar-refractivity contribution is -0.0541. The fourth-order valence-electron chi connectivity index (χ4n) is 3.88. The standard InChI is InChI=1S/C17H26N2O2/c1-20-17(9-4-2-3-5-10-17)16(19-18)14-6-7-15-13(12-14)8-11-21-15/h6-7,12,16,19H,2-5,8-11,18H2,1H3. The molecule has 0 amide bonds. The minimum absolute atomic E-state index is 0.0338. The molecular weight excluding hydrogens is 264 g/mol. The van der Waals surface area contributed by atoms with Crippen molar-refractivity contribution >= 4 is 0 Å². The molecule has 1 fully saturated rings. The molecule has 0 aromatic heterocycles. The lowest BCUT2D eigenvalue weighted by Gasteiger charge is -2.39. The van der Waals surface area contributed by atoms with Gasteiger partial charge in [0.05, 0.1) is 18.2 Å². The average molecular weight is 290 g/mol.